The van der Waals surface area contributed by atoms with Crippen LogP contribution < -0.4 is 5.73 Å². The molecule has 0 fully saturated rings. The standard InChI is InChI=1S/C8H11NO2S/c1-5-2-3-12-8(5)6(9)4-7(10)11/h2-3,6H,4,9H2,1H3,(H,10,11)/t6-/m0/s1. The molecule has 0 saturated carbocycles. The molecule has 3 N–H and O–H groups in total. The predicted octanol–water partition coefficient (Wildman–Crippen LogP) is 1.53. The van der Waals surface area contributed by atoms with E-state index < -0.39 is 5.97 Å². The number of hydrogen-bond acceptors (Lipinski definition) is 3. The summed E-state index contributed by atoms with van der Waals surface area (Å²) in [5.74, 6) is -0.852. The Morgan fingerprint density at radius 3 is 2.92 bits per heavy atom. The van der Waals surface area contributed by atoms with Gasteiger partial charge in [-0.3, -0.25) is 4.79 Å². The minimum absolute atomic E-state index is 0.00134. The van der Waals surface area contributed by atoms with E-state index >= 15 is 0 Å². The van der Waals surface area contributed by atoms with Crippen molar-refractivity contribution in [3.8, 4) is 0 Å². The number of carboxylic acids is 1. The van der Waals surface area contributed by atoms with Gasteiger partial charge < -0.3 is 10.8 Å². The second-order valence-corrected chi connectivity index (χ2v) is 3.62. The van der Waals surface area contributed by atoms with Crippen LogP contribution in [0.25, 0.3) is 0 Å². The van der Waals surface area contributed by atoms with Gasteiger partial charge in [-0.1, -0.05) is 0 Å². The summed E-state index contributed by atoms with van der Waals surface area (Å²) in [7, 11) is 0. The lowest BCUT2D eigenvalue weighted by atomic mass is 10.1. The summed E-state index contributed by atoms with van der Waals surface area (Å²) in [5, 5.41) is 10.4. The van der Waals surface area contributed by atoms with E-state index in [0.29, 0.717) is 0 Å². The third-order valence-corrected chi connectivity index (χ3v) is 2.78. The molecule has 0 saturated heterocycles. The molecular weight excluding hydrogens is 174 g/mol. The summed E-state index contributed by atoms with van der Waals surface area (Å²) < 4.78 is 0. The highest BCUT2D eigenvalue weighted by molar-refractivity contribution is 7.10. The molecule has 0 aliphatic rings. The molecule has 0 aliphatic heterocycles. The van der Waals surface area contributed by atoms with Gasteiger partial charge in [-0.25, -0.2) is 0 Å². The fourth-order valence-corrected chi connectivity index (χ4v) is 1.98. The normalized spacial score (nSPS) is 12.8. The quantitative estimate of drug-likeness (QED) is 0.750. The highest BCUT2D eigenvalue weighted by Gasteiger charge is 2.13. The van der Waals surface area contributed by atoms with Gasteiger partial charge in [0.05, 0.1) is 6.42 Å². The predicted molar refractivity (Wildman–Crippen MR) is 48.2 cm³/mol. The minimum atomic E-state index is -0.852. The van der Waals surface area contributed by atoms with Crippen LogP contribution in [0.1, 0.15) is 22.9 Å². The molecule has 1 atom stereocenters. The fourth-order valence-electron chi connectivity index (χ4n) is 1.05. The van der Waals surface area contributed by atoms with E-state index in [1.165, 1.54) is 11.3 Å². The van der Waals surface area contributed by atoms with Crippen molar-refractivity contribution in [3.63, 3.8) is 0 Å². The van der Waals surface area contributed by atoms with Crippen LogP contribution in [-0.4, -0.2) is 11.1 Å². The number of thiophene rings is 1. The molecule has 3 nitrogen and oxygen atoms in total. The first-order valence-electron chi connectivity index (χ1n) is 3.62. The summed E-state index contributed by atoms with van der Waals surface area (Å²) in [6, 6.07) is 1.59. The van der Waals surface area contributed by atoms with Gasteiger partial charge in [0, 0.05) is 10.9 Å². The van der Waals surface area contributed by atoms with Crippen LogP contribution in [0.2, 0.25) is 0 Å². The van der Waals surface area contributed by atoms with Gasteiger partial charge in [-0.2, -0.15) is 0 Å². The largest absolute Gasteiger partial charge is 0.481 e. The van der Waals surface area contributed by atoms with Crippen molar-refractivity contribution in [2.45, 2.75) is 19.4 Å². The SMILES string of the molecule is Cc1ccsc1[C@@H](N)CC(=O)O. The number of rotatable bonds is 3. The first-order chi connectivity index (χ1) is 5.61. The maximum absolute atomic E-state index is 10.3. The Kier molecular flexibility index (Phi) is 2.83. The van der Waals surface area contributed by atoms with Gasteiger partial charge in [0.2, 0.25) is 0 Å². The van der Waals surface area contributed by atoms with Crippen LogP contribution in [0.4, 0.5) is 0 Å². The van der Waals surface area contributed by atoms with Crippen molar-refractivity contribution in [2.24, 2.45) is 5.73 Å². The summed E-state index contributed by atoms with van der Waals surface area (Å²) in [6.07, 6.45) is 0.00134. The van der Waals surface area contributed by atoms with Gasteiger partial charge >= 0.3 is 5.97 Å². The van der Waals surface area contributed by atoms with Crippen LogP contribution in [0.3, 0.4) is 0 Å². The molecule has 0 radical (unpaired) electrons. The van der Waals surface area contributed by atoms with E-state index in [1.807, 2.05) is 18.4 Å². The molecule has 0 aromatic carbocycles. The lowest BCUT2D eigenvalue weighted by Crippen LogP contribution is -2.14. The number of nitrogens with two attached hydrogens (primary N) is 1. The third-order valence-electron chi connectivity index (χ3n) is 1.63. The first kappa shape index (κ1) is 9.22. The zero-order valence-corrected chi connectivity index (χ0v) is 7.60. The second kappa shape index (κ2) is 3.69. The summed E-state index contributed by atoms with van der Waals surface area (Å²) in [4.78, 5) is 11.3. The Balaban J connectivity index is 2.71. The molecule has 66 valence electrons. The van der Waals surface area contributed by atoms with Crippen molar-refractivity contribution in [1.82, 2.24) is 0 Å². The number of aryl methyl sites for hydroxylation is 1. The van der Waals surface area contributed by atoms with Crippen molar-refractivity contribution in [2.75, 3.05) is 0 Å². The first-order valence-corrected chi connectivity index (χ1v) is 4.50. The molecular formula is C8H11NO2S. The summed E-state index contributed by atoms with van der Waals surface area (Å²) >= 11 is 1.51. The van der Waals surface area contributed by atoms with Gasteiger partial charge in [0.25, 0.3) is 0 Å². The van der Waals surface area contributed by atoms with E-state index in [1.54, 1.807) is 0 Å². The van der Waals surface area contributed by atoms with E-state index in [-0.39, 0.29) is 12.5 Å². The molecule has 4 heteroatoms. The highest BCUT2D eigenvalue weighted by Crippen LogP contribution is 2.23. The smallest absolute Gasteiger partial charge is 0.305 e. The average Bonchev–Trinajstić information content (AvgIpc) is 2.33. The lowest BCUT2D eigenvalue weighted by Gasteiger charge is -2.06. The second-order valence-electron chi connectivity index (χ2n) is 2.67. The van der Waals surface area contributed by atoms with Gasteiger partial charge in [0.15, 0.2) is 0 Å². The topological polar surface area (TPSA) is 63.3 Å². The van der Waals surface area contributed by atoms with Crippen molar-refractivity contribution in [3.05, 3.63) is 21.9 Å². The Bertz CT molecular complexity index is 282. The lowest BCUT2D eigenvalue weighted by molar-refractivity contribution is -0.137. The number of carbonyl (C=O) groups is 1. The Labute approximate surface area is 74.8 Å². The monoisotopic (exact) mass is 185 g/mol. The molecule has 1 aromatic rings. The van der Waals surface area contributed by atoms with Crippen LogP contribution in [0.15, 0.2) is 11.4 Å². The fraction of sp³-hybridized carbons (Fsp3) is 0.375. The van der Waals surface area contributed by atoms with Gasteiger partial charge in [-0.05, 0) is 23.9 Å². The van der Waals surface area contributed by atoms with Crippen molar-refractivity contribution in [1.29, 1.82) is 0 Å². The van der Waals surface area contributed by atoms with Crippen LogP contribution in [0.5, 0.6) is 0 Å². The number of hydrogen-bond donors (Lipinski definition) is 2. The zero-order valence-electron chi connectivity index (χ0n) is 6.78. The molecule has 1 rings (SSSR count). The maximum Gasteiger partial charge on any atom is 0.305 e. The van der Waals surface area contributed by atoms with Crippen LogP contribution >= 0.6 is 11.3 Å². The van der Waals surface area contributed by atoms with Gasteiger partial charge in [0.1, 0.15) is 0 Å². The third kappa shape index (κ3) is 2.06. The van der Waals surface area contributed by atoms with Crippen LogP contribution in [-0.2, 0) is 4.79 Å². The maximum atomic E-state index is 10.3. The van der Waals surface area contributed by atoms with Crippen LogP contribution in [0, 0.1) is 6.92 Å². The van der Waals surface area contributed by atoms with E-state index in [2.05, 4.69) is 0 Å². The Morgan fingerprint density at radius 2 is 2.50 bits per heavy atom. The Morgan fingerprint density at radius 1 is 1.83 bits per heavy atom. The van der Waals surface area contributed by atoms with Crippen molar-refractivity contribution < 1.29 is 9.90 Å². The Hall–Kier alpha value is -0.870. The molecule has 0 spiro atoms. The molecule has 12 heavy (non-hydrogen) atoms. The minimum Gasteiger partial charge on any atom is -0.481 e. The molecule has 0 bridgehead atoms. The molecule has 0 unspecified atom stereocenters. The summed E-state index contributed by atoms with van der Waals surface area (Å²) in [6.45, 7) is 1.94. The van der Waals surface area contributed by atoms with Gasteiger partial charge in [-0.15, -0.1) is 11.3 Å². The number of aliphatic carboxylic acids is 1. The zero-order chi connectivity index (χ0) is 9.14. The highest BCUT2D eigenvalue weighted by atomic mass is 32.1. The molecule has 0 amide bonds. The number of carboxylic acid groups (broad SMARTS) is 1. The van der Waals surface area contributed by atoms with Crippen molar-refractivity contribution >= 4 is 17.3 Å². The van der Waals surface area contributed by atoms with E-state index in [9.17, 15) is 4.79 Å². The van der Waals surface area contributed by atoms with E-state index in [0.717, 1.165) is 10.4 Å². The molecule has 0 aliphatic carbocycles. The molecule has 1 aromatic heterocycles. The average molecular weight is 185 g/mol. The van der Waals surface area contributed by atoms with E-state index in [4.69, 9.17) is 10.8 Å². The summed E-state index contributed by atoms with van der Waals surface area (Å²) in [5.41, 5.74) is 6.75. The molecule has 1 heterocycles.